The number of carbonyl (C=O) groups excluding carboxylic acids is 3. The number of hydrogen-bond acceptors (Lipinski definition) is 9. The van der Waals surface area contributed by atoms with Crippen LogP contribution in [-0.2, 0) is 14.4 Å². The number of hydrogen-bond donors (Lipinski definition) is 3. The van der Waals surface area contributed by atoms with Crippen LogP contribution in [0.15, 0.2) is 22.5 Å². The van der Waals surface area contributed by atoms with Crippen molar-refractivity contribution in [2.45, 2.75) is 90.4 Å². The predicted octanol–water partition coefficient (Wildman–Crippen LogP) is 2.25. The fourth-order valence-corrected chi connectivity index (χ4v) is 3.56. The van der Waals surface area contributed by atoms with E-state index in [1.54, 1.807) is 13.8 Å². The maximum atomic E-state index is 12.2. The SMILES string of the molecule is CC(N=O)C(C)(C)NCCC(CCNC(=O)CCN1C(=O)C=CC1=O)CCNC(C)(C)C(C)N=O. The van der Waals surface area contributed by atoms with E-state index in [1.165, 1.54) is 12.2 Å². The Balaban J connectivity index is 2.54. The molecule has 0 aromatic heterocycles. The summed E-state index contributed by atoms with van der Waals surface area (Å²) in [6.45, 7) is 13.2. The van der Waals surface area contributed by atoms with Crippen LogP contribution < -0.4 is 16.0 Å². The van der Waals surface area contributed by atoms with Crippen LogP contribution in [0, 0.1) is 15.7 Å². The van der Waals surface area contributed by atoms with Gasteiger partial charge in [0.05, 0.1) is 0 Å². The monoisotopic (exact) mass is 494 g/mol. The maximum Gasteiger partial charge on any atom is 0.253 e. The first-order valence-corrected chi connectivity index (χ1v) is 12.3. The molecule has 1 aliphatic heterocycles. The third kappa shape index (κ3) is 10.3. The summed E-state index contributed by atoms with van der Waals surface area (Å²) in [6.07, 6.45) is 4.86. The van der Waals surface area contributed by atoms with E-state index in [9.17, 15) is 24.2 Å². The average Bonchev–Trinajstić information content (AvgIpc) is 3.12. The van der Waals surface area contributed by atoms with Gasteiger partial charge >= 0.3 is 0 Å². The van der Waals surface area contributed by atoms with E-state index in [4.69, 9.17) is 0 Å². The van der Waals surface area contributed by atoms with Gasteiger partial charge in [0.2, 0.25) is 5.91 Å². The second-order valence-corrected chi connectivity index (χ2v) is 10.4. The molecule has 0 saturated carbocycles. The van der Waals surface area contributed by atoms with Gasteiger partial charge in [-0.05, 0) is 79.8 Å². The average molecular weight is 495 g/mol. The van der Waals surface area contributed by atoms with Crippen LogP contribution in [0.3, 0.4) is 0 Å². The third-order valence-corrected chi connectivity index (χ3v) is 7.01. The zero-order valence-corrected chi connectivity index (χ0v) is 21.9. The highest BCUT2D eigenvalue weighted by atomic mass is 16.3. The van der Waals surface area contributed by atoms with Gasteiger partial charge in [0, 0.05) is 42.7 Å². The highest BCUT2D eigenvalue weighted by Gasteiger charge is 2.28. The van der Waals surface area contributed by atoms with Gasteiger partial charge in [0.15, 0.2) is 0 Å². The molecule has 0 aromatic rings. The highest BCUT2D eigenvalue weighted by molar-refractivity contribution is 6.13. The largest absolute Gasteiger partial charge is 0.356 e. The standard InChI is InChI=1S/C24H42N6O5/c1-17(28-34)23(3,4)26-14-10-19(11-15-27-24(5,6)18(2)29-35)9-13-25-20(31)12-16-30-21(32)7-8-22(30)33/h7-8,17-19,26-27H,9-16H2,1-6H3,(H,25,31). The third-order valence-electron chi connectivity index (χ3n) is 7.01. The molecular weight excluding hydrogens is 452 g/mol. The van der Waals surface area contributed by atoms with Crippen molar-refractivity contribution in [2.75, 3.05) is 26.2 Å². The maximum absolute atomic E-state index is 12.2. The lowest BCUT2D eigenvalue weighted by Gasteiger charge is -2.31. The molecule has 2 atom stereocenters. The van der Waals surface area contributed by atoms with Gasteiger partial charge < -0.3 is 16.0 Å². The first-order valence-electron chi connectivity index (χ1n) is 12.3. The highest BCUT2D eigenvalue weighted by Crippen LogP contribution is 2.18. The summed E-state index contributed by atoms with van der Waals surface area (Å²) in [5.74, 6) is -0.739. The molecule has 0 fully saturated rings. The van der Waals surface area contributed by atoms with E-state index in [2.05, 4.69) is 26.3 Å². The number of nitrogens with one attached hydrogen (secondary N) is 3. The van der Waals surface area contributed by atoms with Gasteiger partial charge in [-0.2, -0.15) is 9.81 Å². The first-order chi connectivity index (χ1) is 16.3. The molecule has 11 nitrogen and oxygen atoms in total. The van der Waals surface area contributed by atoms with E-state index >= 15 is 0 Å². The lowest BCUT2D eigenvalue weighted by molar-refractivity contribution is -0.137. The fraction of sp³-hybridized carbons (Fsp3) is 0.792. The molecule has 198 valence electrons. The Morgan fingerprint density at radius 3 is 1.71 bits per heavy atom. The van der Waals surface area contributed by atoms with Crippen LogP contribution in [0.4, 0.5) is 0 Å². The van der Waals surface area contributed by atoms with Gasteiger partial charge in [-0.1, -0.05) is 10.4 Å². The van der Waals surface area contributed by atoms with Crippen molar-refractivity contribution in [1.29, 1.82) is 0 Å². The summed E-state index contributed by atoms with van der Waals surface area (Å²) in [4.78, 5) is 58.3. The van der Waals surface area contributed by atoms with Gasteiger partial charge in [-0.15, -0.1) is 0 Å². The summed E-state index contributed by atoms with van der Waals surface area (Å²) in [6, 6.07) is -0.741. The minimum atomic E-state index is -0.425. The Morgan fingerprint density at radius 2 is 1.29 bits per heavy atom. The first kappa shape index (κ1) is 30.5. The van der Waals surface area contributed by atoms with Crippen molar-refractivity contribution >= 4 is 17.7 Å². The predicted molar refractivity (Wildman–Crippen MR) is 136 cm³/mol. The van der Waals surface area contributed by atoms with Crippen molar-refractivity contribution < 1.29 is 14.4 Å². The number of nitrogens with zero attached hydrogens (tertiary/aromatic N) is 3. The lowest BCUT2D eigenvalue weighted by Crippen LogP contribution is -2.48. The molecule has 2 unspecified atom stereocenters. The van der Waals surface area contributed by atoms with Crippen LogP contribution in [0.5, 0.6) is 0 Å². The van der Waals surface area contributed by atoms with E-state index in [-0.39, 0.29) is 36.9 Å². The zero-order chi connectivity index (χ0) is 26.6. The molecule has 0 bridgehead atoms. The van der Waals surface area contributed by atoms with Crippen molar-refractivity contribution in [1.82, 2.24) is 20.9 Å². The smallest absolute Gasteiger partial charge is 0.253 e. The van der Waals surface area contributed by atoms with E-state index in [1.807, 2.05) is 27.7 Å². The van der Waals surface area contributed by atoms with Crippen LogP contribution >= 0.6 is 0 Å². The normalized spacial score (nSPS) is 16.8. The molecule has 3 N–H and O–H groups in total. The van der Waals surface area contributed by atoms with Crippen molar-refractivity contribution in [3.63, 3.8) is 0 Å². The molecule has 0 aromatic carbocycles. The molecule has 1 rings (SSSR count). The van der Waals surface area contributed by atoms with Crippen LogP contribution in [0.25, 0.3) is 0 Å². The molecule has 35 heavy (non-hydrogen) atoms. The topological polar surface area (TPSA) is 149 Å². The second-order valence-electron chi connectivity index (χ2n) is 10.4. The number of amides is 3. The summed E-state index contributed by atoms with van der Waals surface area (Å²) in [5, 5.41) is 15.9. The fourth-order valence-electron chi connectivity index (χ4n) is 3.56. The number of carbonyl (C=O) groups is 3. The van der Waals surface area contributed by atoms with Gasteiger partial charge in [0.1, 0.15) is 12.1 Å². The van der Waals surface area contributed by atoms with Crippen LogP contribution in [-0.4, -0.2) is 72.0 Å². The molecule has 0 saturated heterocycles. The molecule has 1 aliphatic rings. The number of rotatable bonds is 18. The summed E-state index contributed by atoms with van der Waals surface area (Å²) in [7, 11) is 0. The van der Waals surface area contributed by atoms with Gasteiger partial charge in [-0.3, -0.25) is 19.3 Å². The summed E-state index contributed by atoms with van der Waals surface area (Å²) < 4.78 is 0. The minimum absolute atomic E-state index is 0.0580. The van der Waals surface area contributed by atoms with Crippen molar-refractivity contribution in [3.05, 3.63) is 22.0 Å². The Hall–Kier alpha value is -2.53. The quantitative estimate of drug-likeness (QED) is 0.195. The molecule has 3 amide bonds. The molecule has 0 radical (unpaired) electrons. The summed E-state index contributed by atoms with van der Waals surface area (Å²) in [5.41, 5.74) is -0.851. The van der Waals surface area contributed by atoms with E-state index < -0.39 is 22.9 Å². The van der Waals surface area contributed by atoms with E-state index in [0.29, 0.717) is 19.6 Å². The second kappa shape index (κ2) is 14.1. The lowest BCUT2D eigenvalue weighted by atomic mass is 9.92. The van der Waals surface area contributed by atoms with Gasteiger partial charge in [0.25, 0.3) is 11.8 Å². The zero-order valence-electron chi connectivity index (χ0n) is 21.9. The molecule has 0 aliphatic carbocycles. The Kier molecular flexibility index (Phi) is 12.3. The summed E-state index contributed by atoms with van der Waals surface area (Å²) >= 11 is 0. The Labute approximate surface area is 208 Å². The van der Waals surface area contributed by atoms with E-state index in [0.717, 1.165) is 24.2 Å². The number of imide groups is 1. The van der Waals surface area contributed by atoms with Gasteiger partial charge in [-0.25, -0.2) is 0 Å². The molecule has 1 heterocycles. The Bertz CT molecular complexity index is 732. The van der Waals surface area contributed by atoms with Crippen molar-refractivity contribution in [2.24, 2.45) is 16.3 Å². The minimum Gasteiger partial charge on any atom is -0.356 e. The van der Waals surface area contributed by atoms with Crippen LogP contribution in [0.1, 0.15) is 67.2 Å². The van der Waals surface area contributed by atoms with Crippen LogP contribution in [0.2, 0.25) is 0 Å². The van der Waals surface area contributed by atoms with Crippen molar-refractivity contribution in [3.8, 4) is 0 Å². The molecule has 11 heteroatoms. The number of nitroso groups, excluding NO2 is 2. The molecular formula is C24H42N6O5. The Morgan fingerprint density at radius 1 is 0.857 bits per heavy atom. The molecule has 0 spiro atoms.